The average Bonchev–Trinajstić information content (AvgIpc) is 2.53. The monoisotopic (exact) mass is 407 g/mol. The van der Waals surface area contributed by atoms with Crippen LogP contribution in [0.1, 0.15) is 23.5 Å². The van der Waals surface area contributed by atoms with Crippen LogP contribution in [-0.2, 0) is 0 Å². The van der Waals surface area contributed by atoms with Crippen molar-refractivity contribution in [3.63, 3.8) is 0 Å². The molecule has 0 aliphatic rings. The van der Waals surface area contributed by atoms with Gasteiger partial charge in [-0.05, 0) is 51.8 Å². The van der Waals surface area contributed by atoms with E-state index in [0.29, 0.717) is 8.26 Å². The van der Waals surface area contributed by atoms with E-state index in [1.807, 2.05) is 0 Å². The molecule has 2 nitrogen and oxygen atoms in total. The highest BCUT2D eigenvalue weighted by Gasteiger charge is 2.35. The summed E-state index contributed by atoms with van der Waals surface area (Å²) in [6.07, 6.45) is -4.40. The maximum atomic E-state index is 12.4. The number of rotatable bonds is 3. The number of carbonyl (C=O) groups is 1. The van der Waals surface area contributed by atoms with E-state index in [0.717, 1.165) is 16.2 Å². The Bertz CT molecular complexity index is 425. The number of halogens is 5. The van der Waals surface area contributed by atoms with E-state index in [-0.39, 0.29) is 4.88 Å². The van der Waals surface area contributed by atoms with Crippen molar-refractivity contribution in [3.8, 4) is 0 Å². The van der Waals surface area contributed by atoms with E-state index in [9.17, 15) is 18.0 Å². The lowest BCUT2D eigenvalue weighted by Crippen LogP contribution is -2.43. The molecular formula is C10H10Br2F3NOS. The SMILES string of the molecule is CC(C)N(CC(F)(F)F)C(=O)c1cc(Br)c(Br)s1. The van der Waals surface area contributed by atoms with E-state index in [1.54, 1.807) is 13.8 Å². The van der Waals surface area contributed by atoms with Crippen molar-refractivity contribution in [2.75, 3.05) is 6.54 Å². The Morgan fingerprint density at radius 2 is 2.00 bits per heavy atom. The normalized spacial score (nSPS) is 12.0. The third kappa shape index (κ3) is 4.24. The van der Waals surface area contributed by atoms with Crippen LogP contribution in [0.2, 0.25) is 0 Å². The molecule has 0 aromatic carbocycles. The maximum Gasteiger partial charge on any atom is 0.406 e. The first-order valence-corrected chi connectivity index (χ1v) is 7.34. The molecule has 0 saturated heterocycles. The van der Waals surface area contributed by atoms with Crippen LogP contribution in [-0.4, -0.2) is 29.6 Å². The fourth-order valence-corrected chi connectivity index (χ4v) is 3.27. The summed E-state index contributed by atoms with van der Waals surface area (Å²) in [6, 6.07) is 1.00. The quantitative estimate of drug-likeness (QED) is 0.710. The zero-order chi connectivity index (χ0) is 14.1. The standard InChI is InChI=1S/C10H10Br2F3NOS/c1-5(2)16(4-10(13,14)15)9(17)7-3-6(11)8(12)18-7/h3,5H,4H2,1-2H3. The van der Waals surface area contributed by atoms with Crippen molar-refractivity contribution in [1.29, 1.82) is 0 Å². The van der Waals surface area contributed by atoms with Gasteiger partial charge in [-0.25, -0.2) is 0 Å². The molecule has 1 aromatic rings. The minimum atomic E-state index is -4.40. The van der Waals surface area contributed by atoms with Gasteiger partial charge < -0.3 is 4.90 Å². The van der Waals surface area contributed by atoms with Crippen molar-refractivity contribution in [1.82, 2.24) is 4.90 Å². The number of nitrogens with zero attached hydrogens (tertiary/aromatic N) is 1. The van der Waals surface area contributed by atoms with Crippen LogP contribution in [0.25, 0.3) is 0 Å². The van der Waals surface area contributed by atoms with E-state index in [4.69, 9.17) is 0 Å². The Balaban J connectivity index is 2.96. The molecule has 0 saturated carbocycles. The number of carbonyl (C=O) groups excluding carboxylic acids is 1. The van der Waals surface area contributed by atoms with Crippen molar-refractivity contribution >= 4 is 49.1 Å². The summed E-state index contributed by atoms with van der Waals surface area (Å²) in [7, 11) is 0. The lowest BCUT2D eigenvalue weighted by atomic mass is 10.3. The molecule has 0 N–H and O–H groups in total. The number of amides is 1. The maximum absolute atomic E-state index is 12.4. The summed E-state index contributed by atoms with van der Waals surface area (Å²) in [4.78, 5) is 13.1. The van der Waals surface area contributed by atoms with Gasteiger partial charge in [0.15, 0.2) is 0 Å². The van der Waals surface area contributed by atoms with Gasteiger partial charge in [-0.1, -0.05) is 0 Å². The molecule has 0 aliphatic heterocycles. The topological polar surface area (TPSA) is 20.3 Å². The number of hydrogen-bond donors (Lipinski definition) is 0. The van der Waals surface area contributed by atoms with Gasteiger partial charge in [-0.2, -0.15) is 13.2 Å². The van der Waals surface area contributed by atoms with Gasteiger partial charge in [-0.15, -0.1) is 11.3 Å². The van der Waals surface area contributed by atoms with Crippen LogP contribution in [0.4, 0.5) is 13.2 Å². The van der Waals surface area contributed by atoms with Gasteiger partial charge in [0.05, 0.1) is 8.66 Å². The number of thiophene rings is 1. The van der Waals surface area contributed by atoms with Crippen LogP contribution < -0.4 is 0 Å². The van der Waals surface area contributed by atoms with Crippen LogP contribution in [0.3, 0.4) is 0 Å². The fraction of sp³-hybridized carbons (Fsp3) is 0.500. The van der Waals surface area contributed by atoms with Crippen LogP contribution in [0.5, 0.6) is 0 Å². The summed E-state index contributed by atoms with van der Waals surface area (Å²) in [5.74, 6) is -0.612. The molecule has 0 atom stereocenters. The minimum Gasteiger partial charge on any atom is -0.326 e. The first-order chi connectivity index (χ1) is 8.11. The molecule has 0 bridgehead atoms. The molecule has 1 amide bonds. The molecule has 102 valence electrons. The molecule has 0 aliphatic carbocycles. The van der Waals surface area contributed by atoms with E-state index in [2.05, 4.69) is 31.9 Å². The summed E-state index contributed by atoms with van der Waals surface area (Å²) in [5.41, 5.74) is 0. The Kier molecular flexibility index (Phi) is 5.25. The molecule has 0 unspecified atom stereocenters. The largest absolute Gasteiger partial charge is 0.406 e. The predicted molar refractivity (Wildman–Crippen MR) is 71.9 cm³/mol. The zero-order valence-electron chi connectivity index (χ0n) is 9.52. The van der Waals surface area contributed by atoms with E-state index < -0.39 is 24.7 Å². The molecule has 8 heteroatoms. The zero-order valence-corrected chi connectivity index (χ0v) is 13.5. The van der Waals surface area contributed by atoms with Crippen LogP contribution in [0, 0.1) is 0 Å². The first-order valence-electron chi connectivity index (χ1n) is 4.94. The van der Waals surface area contributed by atoms with Crippen molar-refractivity contribution < 1.29 is 18.0 Å². The Hall–Kier alpha value is -0.0800. The van der Waals surface area contributed by atoms with Crippen molar-refractivity contribution in [2.45, 2.75) is 26.1 Å². The van der Waals surface area contributed by atoms with E-state index >= 15 is 0 Å². The molecule has 1 heterocycles. The van der Waals surface area contributed by atoms with Gasteiger partial charge in [0.1, 0.15) is 6.54 Å². The summed E-state index contributed by atoms with van der Waals surface area (Å²) >= 11 is 7.52. The van der Waals surface area contributed by atoms with Gasteiger partial charge in [0, 0.05) is 10.5 Å². The third-order valence-electron chi connectivity index (χ3n) is 2.09. The summed E-state index contributed by atoms with van der Waals surface area (Å²) in [6.45, 7) is 1.87. The molecule has 0 fully saturated rings. The van der Waals surface area contributed by atoms with Crippen molar-refractivity contribution in [2.24, 2.45) is 0 Å². The lowest BCUT2D eigenvalue weighted by Gasteiger charge is -2.27. The predicted octanol–water partition coefficient (Wildman–Crippen LogP) is 4.69. The average molecular weight is 409 g/mol. The Labute approximate surface area is 123 Å². The third-order valence-corrected chi connectivity index (χ3v) is 5.33. The highest BCUT2D eigenvalue weighted by molar-refractivity contribution is 9.13. The highest BCUT2D eigenvalue weighted by Crippen LogP contribution is 2.33. The molecule has 1 aromatic heterocycles. The molecule has 18 heavy (non-hydrogen) atoms. The second-order valence-corrected chi connectivity index (χ2v) is 7.10. The number of alkyl halides is 3. The molecule has 0 spiro atoms. The number of hydrogen-bond acceptors (Lipinski definition) is 2. The summed E-state index contributed by atoms with van der Waals surface area (Å²) in [5, 5.41) is 0. The Morgan fingerprint density at radius 1 is 1.44 bits per heavy atom. The van der Waals surface area contributed by atoms with Crippen molar-refractivity contribution in [3.05, 3.63) is 19.2 Å². The van der Waals surface area contributed by atoms with E-state index in [1.165, 1.54) is 6.07 Å². The summed E-state index contributed by atoms with van der Waals surface area (Å²) < 4.78 is 38.6. The van der Waals surface area contributed by atoms with Gasteiger partial charge in [-0.3, -0.25) is 4.79 Å². The molecular weight excluding hydrogens is 399 g/mol. The van der Waals surface area contributed by atoms with Crippen LogP contribution in [0.15, 0.2) is 14.3 Å². The van der Waals surface area contributed by atoms with Gasteiger partial charge in [0.25, 0.3) is 5.91 Å². The smallest absolute Gasteiger partial charge is 0.326 e. The Morgan fingerprint density at radius 3 is 2.33 bits per heavy atom. The first kappa shape index (κ1) is 16.0. The van der Waals surface area contributed by atoms with Gasteiger partial charge >= 0.3 is 6.18 Å². The van der Waals surface area contributed by atoms with Gasteiger partial charge in [0.2, 0.25) is 0 Å². The lowest BCUT2D eigenvalue weighted by molar-refractivity contribution is -0.143. The fourth-order valence-electron chi connectivity index (χ4n) is 1.28. The molecule has 0 radical (unpaired) electrons. The second kappa shape index (κ2) is 5.92. The molecule has 1 rings (SSSR count). The van der Waals surface area contributed by atoms with Crippen LogP contribution >= 0.6 is 43.2 Å². The second-order valence-electron chi connectivity index (χ2n) is 3.87. The highest BCUT2D eigenvalue weighted by atomic mass is 79.9. The minimum absolute atomic E-state index is 0.270.